The third-order valence-corrected chi connectivity index (χ3v) is 5.89. The van der Waals surface area contributed by atoms with Crippen LogP contribution in [-0.4, -0.2) is 48.8 Å². The van der Waals surface area contributed by atoms with Crippen molar-refractivity contribution in [2.45, 2.75) is 25.0 Å². The van der Waals surface area contributed by atoms with Gasteiger partial charge in [-0.1, -0.05) is 0 Å². The van der Waals surface area contributed by atoms with E-state index in [0.717, 1.165) is 16.9 Å². The summed E-state index contributed by atoms with van der Waals surface area (Å²) in [5.74, 6) is 1.60. The third-order valence-electron chi connectivity index (χ3n) is 3.97. The van der Waals surface area contributed by atoms with E-state index in [1.54, 1.807) is 0 Å². The third kappa shape index (κ3) is 2.60. The Morgan fingerprint density at radius 1 is 1.33 bits per heavy atom. The molecule has 114 valence electrons. The molecule has 2 aromatic rings. The van der Waals surface area contributed by atoms with Crippen molar-refractivity contribution >= 4 is 26.9 Å². The van der Waals surface area contributed by atoms with Gasteiger partial charge in [0.1, 0.15) is 17.3 Å². The van der Waals surface area contributed by atoms with Crippen LogP contribution in [0.25, 0.3) is 11.0 Å². The van der Waals surface area contributed by atoms with Gasteiger partial charge < -0.3 is 9.88 Å². The quantitative estimate of drug-likeness (QED) is 0.874. The highest BCUT2D eigenvalue weighted by molar-refractivity contribution is 7.90. The zero-order chi connectivity index (χ0) is 15.0. The SMILES string of the molecule is CNS(=O)(=O)C1CCN(c2nc(C)nc3[nH]ccc23)CC1. The number of rotatable bonds is 3. The van der Waals surface area contributed by atoms with E-state index in [0.29, 0.717) is 31.8 Å². The summed E-state index contributed by atoms with van der Waals surface area (Å²) >= 11 is 0. The van der Waals surface area contributed by atoms with Crippen LogP contribution < -0.4 is 9.62 Å². The van der Waals surface area contributed by atoms with Gasteiger partial charge >= 0.3 is 0 Å². The highest BCUT2D eigenvalue weighted by atomic mass is 32.2. The number of nitrogens with one attached hydrogen (secondary N) is 2. The number of H-pyrrole nitrogens is 1. The number of hydrogen-bond donors (Lipinski definition) is 2. The molecule has 0 amide bonds. The van der Waals surface area contributed by atoms with E-state index in [1.807, 2.05) is 19.2 Å². The van der Waals surface area contributed by atoms with Crippen LogP contribution >= 0.6 is 0 Å². The molecule has 0 radical (unpaired) electrons. The van der Waals surface area contributed by atoms with Gasteiger partial charge in [-0.15, -0.1) is 0 Å². The Morgan fingerprint density at radius 3 is 2.71 bits per heavy atom. The number of sulfonamides is 1. The predicted molar refractivity (Wildman–Crippen MR) is 81.8 cm³/mol. The fourth-order valence-corrected chi connectivity index (χ4v) is 3.98. The Balaban J connectivity index is 1.85. The van der Waals surface area contributed by atoms with Crippen molar-refractivity contribution in [2.75, 3.05) is 25.0 Å². The summed E-state index contributed by atoms with van der Waals surface area (Å²) in [6.07, 6.45) is 3.07. The zero-order valence-corrected chi connectivity index (χ0v) is 12.9. The summed E-state index contributed by atoms with van der Waals surface area (Å²) in [4.78, 5) is 14.1. The molecule has 3 heterocycles. The van der Waals surface area contributed by atoms with Crippen LogP contribution in [0.3, 0.4) is 0 Å². The van der Waals surface area contributed by atoms with Crippen LogP contribution in [0.5, 0.6) is 0 Å². The van der Waals surface area contributed by atoms with Gasteiger partial charge in [0.15, 0.2) is 0 Å². The van der Waals surface area contributed by atoms with Crippen LogP contribution in [0.2, 0.25) is 0 Å². The van der Waals surface area contributed by atoms with Crippen LogP contribution in [0.1, 0.15) is 18.7 Å². The number of anilines is 1. The average Bonchev–Trinajstić information content (AvgIpc) is 2.94. The molecule has 1 aliphatic rings. The van der Waals surface area contributed by atoms with Gasteiger partial charge in [0, 0.05) is 19.3 Å². The molecule has 1 fully saturated rings. The fraction of sp³-hybridized carbons (Fsp3) is 0.538. The monoisotopic (exact) mass is 309 g/mol. The highest BCUT2D eigenvalue weighted by Gasteiger charge is 2.30. The van der Waals surface area contributed by atoms with E-state index < -0.39 is 10.0 Å². The Morgan fingerprint density at radius 2 is 2.05 bits per heavy atom. The summed E-state index contributed by atoms with van der Waals surface area (Å²) in [6.45, 7) is 3.23. The molecule has 2 N–H and O–H groups in total. The van der Waals surface area contributed by atoms with Crippen LogP contribution in [0.15, 0.2) is 12.3 Å². The second-order valence-corrected chi connectivity index (χ2v) is 7.43. The van der Waals surface area contributed by atoms with Crippen molar-refractivity contribution in [3.8, 4) is 0 Å². The molecule has 2 aromatic heterocycles. The van der Waals surface area contributed by atoms with Crippen molar-refractivity contribution in [3.05, 3.63) is 18.1 Å². The molecule has 1 aliphatic heterocycles. The summed E-state index contributed by atoms with van der Waals surface area (Å²) < 4.78 is 26.1. The van der Waals surface area contributed by atoms with Crippen LogP contribution in [0.4, 0.5) is 5.82 Å². The number of fused-ring (bicyclic) bond motifs is 1. The minimum absolute atomic E-state index is 0.316. The standard InChI is InChI=1S/C13H19N5O2S/c1-9-16-12-11(3-6-15-12)13(17-9)18-7-4-10(5-8-18)21(19,20)14-2/h3,6,10,14H,4-5,7-8H2,1-2H3,(H,15,16,17). The van der Waals surface area contributed by atoms with Crippen LogP contribution in [0, 0.1) is 6.92 Å². The minimum Gasteiger partial charge on any atom is -0.356 e. The lowest BCUT2D eigenvalue weighted by molar-refractivity contribution is 0.522. The molecule has 3 rings (SSSR count). The predicted octanol–water partition coefficient (Wildman–Crippen LogP) is 0.784. The Kier molecular flexibility index (Phi) is 3.58. The van der Waals surface area contributed by atoms with Crippen LogP contribution in [-0.2, 0) is 10.0 Å². The maximum atomic E-state index is 11.9. The molecule has 0 aliphatic carbocycles. The summed E-state index contributed by atoms with van der Waals surface area (Å²) in [5, 5.41) is 0.666. The van der Waals surface area contributed by atoms with Crippen molar-refractivity contribution in [1.82, 2.24) is 19.7 Å². The van der Waals surface area contributed by atoms with E-state index in [-0.39, 0.29) is 5.25 Å². The first-order valence-corrected chi connectivity index (χ1v) is 8.55. The topological polar surface area (TPSA) is 91.0 Å². The highest BCUT2D eigenvalue weighted by Crippen LogP contribution is 2.27. The van der Waals surface area contributed by atoms with E-state index in [4.69, 9.17) is 0 Å². The Hall–Kier alpha value is -1.67. The molecule has 0 bridgehead atoms. The number of aromatic amines is 1. The molecule has 0 aromatic carbocycles. The van der Waals surface area contributed by atoms with E-state index in [9.17, 15) is 8.42 Å². The zero-order valence-electron chi connectivity index (χ0n) is 12.1. The van der Waals surface area contributed by atoms with E-state index in [2.05, 4.69) is 24.6 Å². The first-order valence-electron chi connectivity index (χ1n) is 7.00. The molecule has 21 heavy (non-hydrogen) atoms. The van der Waals surface area contributed by atoms with E-state index >= 15 is 0 Å². The number of hydrogen-bond acceptors (Lipinski definition) is 5. The van der Waals surface area contributed by atoms with Gasteiger partial charge in [0.25, 0.3) is 0 Å². The van der Waals surface area contributed by atoms with Gasteiger partial charge in [-0.3, -0.25) is 0 Å². The number of aromatic nitrogens is 3. The molecule has 7 nitrogen and oxygen atoms in total. The molecule has 0 spiro atoms. The van der Waals surface area contributed by atoms with Gasteiger partial charge in [-0.2, -0.15) is 0 Å². The molecule has 0 atom stereocenters. The molecule has 1 saturated heterocycles. The second-order valence-electron chi connectivity index (χ2n) is 5.27. The Bertz CT molecular complexity index is 747. The van der Waals surface area contributed by atoms with Crippen molar-refractivity contribution in [2.24, 2.45) is 0 Å². The maximum absolute atomic E-state index is 11.9. The second kappa shape index (κ2) is 5.27. The van der Waals surface area contributed by atoms with Crippen molar-refractivity contribution in [1.29, 1.82) is 0 Å². The lowest BCUT2D eigenvalue weighted by atomic mass is 10.1. The molecular formula is C13H19N5O2S. The van der Waals surface area contributed by atoms with E-state index in [1.165, 1.54) is 7.05 Å². The first kappa shape index (κ1) is 14.3. The lowest BCUT2D eigenvalue weighted by Crippen LogP contribution is -2.43. The largest absolute Gasteiger partial charge is 0.356 e. The first-order chi connectivity index (χ1) is 10.0. The Labute approximate surface area is 123 Å². The summed E-state index contributed by atoms with van der Waals surface area (Å²) in [5.41, 5.74) is 0.822. The smallest absolute Gasteiger partial charge is 0.214 e. The number of nitrogens with zero attached hydrogens (tertiary/aromatic N) is 3. The molecule has 0 unspecified atom stereocenters. The minimum atomic E-state index is -3.18. The lowest BCUT2D eigenvalue weighted by Gasteiger charge is -2.32. The van der Waals surface area contributed by atoms with Crippen molar-refractivity contribution in [3.63, 3.8) is 0 Å². The van der Waals surface area contributed by atoms with Gasteiger partial charge in [-0.25, -0.2) is 23.1 Å². The molecular weight excluding hydrogens is 290 g/mol. The summed E-state index contributed by atoms with van der Waals surface area (Å²) in [6, 6.07) is 1.96. The fourth-order valence-electron chi connectivity index (χ4n) is 2.82. The number of piperidine rings is 1. The number of aryl methyl sites for hydroxylation is 1. The van der Waals surface area contributed by atoms with Gasteiger partial charge in [0.2, 0.25) is 10.0 Å². The molecule has 8 heteroatoms. The maximum Gasteiger partial charge on any atom is 0.214 e. The van der Waals surface area contributed by atoms with Gasteiger partial charge in [-0.05, 0) is 32.9 Å². The average molecular weight is 309 g/mol. The van der Waals surface area contributed by atoms with Gasteiger partial charge in [0.05, 0.1) is 10.6 Å². The normalized spacial score (nSPS) is 17.5. The molecule has 0 saturated carbocycles. The summed E-state index contributed by atoms with van der Waals surface area (Å²) in [7, 11) is -1.71. The van der Waals surface area contributed by atoms with Crippen molar-refractivity contribution < 1.29 is 8.42 Å².